The van der Waals surface area contributed by atoms with Crippen LogP contribution in [0, 0.1) is 11.7 Å². The Balaban J connectivity index is 1.89. The van der Waals surface area contributed by atoms with Crippen molar-refractivity contribution in [3.8, 4) is 11.3 Å². The van der Waals surface area contributed by atoms with Crippen LogP contribution in [0.5, 0.6) is 0 Å². The van der Waals surface area contributed by atoms with Crippen molar-refractivity contribution in [2.75, 3.05) is 17.1 Å². The lowest BCUT2D eigenvalue weighted by molar-refractivity contribution is -0.142. The summed E-state index contributed by atoms with van der Waals surface area (Å²) in [5.41, 5.74) is 2.05. The summed E-state index contributed by atoms with van der Waals surface area (Å²) < 4.78 is 46.3. The minimum absolute atomic E-state index is 0.0467. The topological polar surface area (TPSA) is 122 Å². The number of benzene rings is 2. The average Bonchev–Trinajstić information content (AvgIpc) is 3.61. The van der Waals surface area contributed by atoms with Crippen LogP contribution in [-0.2, 0) is 19.6 Å². The van der Waals surface area contributed by atoms with Crippen LogP contribution in [0.15, 0.2) is 40.8 Å². The summed E-state index contributed by atoms with van der Waals surface area (Å²) >= 11 is 0. The van der Waals surface area contributed by atoms with Gasteiger partial charge in [-0.3, -0.25) is 18.7 Å². The molecule has 2 aromatic carbocycles. The minimum atomic E-state index is -3.93. The van der Waals surface area contributed by atoms with Gasteiger partial charge in [0, 0.05) is 29.9 Å². The Kier molecular flexibility index (Phi) is 7.23. The number of rotatable bonds is 11. The van der Waals surface area contributed by atoms with E-state index in [1.54, 1.807) is 13.0 Å². The monoisotopic (exact) mass is 529 g/mol. The number of Topliss-reactive ketones (excluding diaryl/α,β-unsaturated/α-hetero) is 2. The van der Waals surface area contributed by atoms with Gasteiger partial charge in [-0.25, -0.2) is 12.8 Å². The molecule has 4 rings (SSSR count). The van der Waals surface area contributed by atoms with E-state index in [1.807, 2.05) is 0 Å². The van der Waals surface area contributed by atoms with Crippen molar-refractivity contribution in [1.82, 2.24) is 0 Å². The first-order chi connectivity index (χ1) is 17.4. The summed E-state index contributed by atoms with van der Waals surface area (Å²) in [5.74, 6) is -2.93. The molecule has 3 aromatic rings. The second-order valence-corrected chi connectivity index (χ2v) is 11.4. The SMILES string of the molecule is CCC(=O)c1c(-c2ccc(F)cc2)oc2cc(N(CC(=O)CC(C)C(=O)O)S(C)(=O)=O)c(C3CC3)cc12. The van der Waals surface area contributed by atoms with E-state index in [1.165, 1.54) is 37.3 Å². The van der Waals surface area contributed by atoms with Crippen LogP contribution in [-0.4, -0.2) is 43.9 Å². The third-order valence-corrected chi connectivity index (χ3v) is 7.63. The highest BCUT2D eigenvalue weighted by Crippen LogP contribution is 2.48. The maximum atomic E-state index is 13.5. The molecule has 0 saturated heterocycles. The zero-order valence-electron chi connectivity index (χ0n) is 20.8. The average molecular weight is 530 g/mol. The highest BCUT2D eigenvalue weighted by Gasteiger charge is 2.34. The van der Waals surface area contributed by atoms with Gasteiger partial charge in [0.15, 0.2) is 11.6 Å². The van der Waals surface area contributed by atoms with E-state index in [2.05, 4.69) is 0 Å². The molecule has 1 aliphatic carbocycles. The molecule has 0 spiro atoms. The zero-order valence-corrected chi connectivity index (χ0v) is 21.6. The fourth-order valence-electron chi connectivity index (χ4n) is 4.38. The smallest absolute Gasteiger partial charge is 0.306 e. The molecule has 8 nitrogen and oxygen atoms in total. The number of halogens is 1. The van der Waals surface area contributed by atoms with Crippen molar-refractivity contribution < 1.29 is 36.7 Å². The number of hydrogen-bond acceptors (Lipinski definition) is 6. The van der Waals surface area contributed by atoms with Gasteiger partial charge in [-0.15, -0.1) is 0 Å². The highest BCUT2D eigenvalue weighted by atomic mass is 32.2. The van der Waals surface area contributed by atoms with Crippen LogP contribution in [0.3, 0.4) is 0 Å². The lowest BCUT2D eigenvalue weighted by Crippen LogP contribution is -2.36. The first-order valence-electron chi connectivity index (χ1n) is 12.0. The van der Waals surface area contributed by atoms with Crippen LogP contribution in [0.1, 0.15) is 61.4 Å². The molecule has 0 amide bonds. The third-order valence-electron chi connectivity index (χ3n) is 6.51. The van der Waals surface area contributed by atoms with Crippen molar-refractivity contribution in [2.24, 2.45) is 5.92 Å². The summed E-state index contributed by atoms with van der Waals surface area (Å²) in [6, 6.07) is 8.82. The van der Waals surface area contributed by atoms with Gasteiger partial charge in [0.25, 0.3) is 0 Å². The molecule has 1 unspecified atom stereocenters. The number of carbonyl (C=O) groups excluding carboxylic acids is 2. The highest BCUT2D eigenvalue weighted by molar-refractivity contribution is 7.92. The van der Waals surface area contributed by atoms with Crippen molar-refractivity contribution in [3.63, 3.8) is 0 Å². The largest absolute Gasteiger partial charge is 0.481 e. The fourth-order valence-corrected chi connectivity index (χ4v) is 5.27. The molecule has 0 bridgehead atoms. The van der Waals surface area contributed by atoms with Crippen molar-refractivity contribution in [1.29, 1.82) is 0 Å². The number of anilines is 1. The number of carboxylic acid groups (broad SMARTS) is 1. The molecule has 10 heteroatoms. The van der Waals surface area contributed by atoms with E-state index < -0.39 is 40.1 Å². The van der Waals surface area contributed by atoms with Gasteiger partial charge < -0.3 is 9.52 Å². The Morgan fingerprint density at radius 2 is 1.81 bits per heavy atom. The lowest BCUT2D eigenvalue weighted by Gasteiger charge is -2.25. The van der Waals surface area contributed by atoms with Crippen LogP contribution in [0.25, 0.3) is 22.3 Å². The maximum absolute atomic E-state index is 13.5. The Morgan fingerprint density at radius 3 is 2.35 bits per heavy atom. The van der Waals surface area contributed by atoms with Gasteiger partial charge >= 0.3 is 5.97 Å². The molecule has 1 fully saturated rings. The molecule has 37 heavy (non-hydrogen) atoms. The van der Waals surface area contributed by atoms with E-state index in [9.17, 15) is 27.2 Å². The molecular weight excluding hydrogens is 501 g/mol. The van der Waals surface area contributed by atoms with Gasteiger partial charge in [0.1, 0.15) is 17.2 Å². The summed E-state index contributed by atoms with van der Waals surface area (Å²) in [7, 11) is -3.93. The molecule has 196 valence electrons. The molecule has 0 radical (unpaired) electrons. The zero-order chi connectivity index (χ0) is 27.1. The predicted molar refractivity (Wildman–Crippen MR) is 137 cm³/mol. The minimum Gasteiger partial charge on any atom is -0.481 e. The Hall–Kier alpha value is -3.53. The van der Waals surface area contributed by atoms with E-state index in [4.69, 9.17) is 9.52 Å². The first-order valence-corrected chi connectivity index (χ1v) is 13.9. The number of hydrogen-bond donors (Lipinski definition) is 1. The van der Waals surface area contributed by atoms with Crippen molar-refractivity contribution >= 4 is 44.2 Å². The Labute approximate surface area is 214 Å². The number of sulfonamides is 1. The normalized spacial score (nSPS) is 14.5. The Bertz CT molecular complexity index is 1490. The van der Waals surface area contributed by atoms with E-state index >= 15 is 0 Å². The molecule has 1 heterocycles. The van der Waals surface area contributed by atoms with E-state index in [0.29, 0.717) is 22.1 Å². The number of ketones is 2. The van der Waals surface area contributed by atoms with Gasteiger partial charge in [-0.1, -0.05) is 13.8 Å². The molecule has 1 N–H and O–H groups in total. The molecule has 1 aliphatic rings. The summed E-state index contributed by atoms with van der Waals surface area (Å²) in [5, 5.41) is 9.67. The number of aliphatic carboxylic acids is 1. The first kappa shape index (κ1) is 26.5. The number of furan rings is 1. The fraction of sp³-hybridized carbons (Fsp3) is 0.370. The summed E-state index contributed by atoms with van der Waals surface area (Å²) in [6.45, 7) is 2.59. The second-order valence-electron chi connectivity index (χ2n) is 9.52. The molecule has 1 saturated carbocycles. The summed E-state index contributed by atoms with van der Waals surface area (Å²) in [6.07, 6.45) is 2.52. The van der Waals surface area contributed by atoms with Crippen LogP contribution < -0.4 is 4.31 Å². The van der Waals surface area contributed by atoms with Crippen LogP contribution in [0.2, 0.25) is 0 Å². The molecular formula is C27H28FNO7S. The van der Waals surface area contributed by atoms with Gasteiger partial charge in [-0.2, -0.15) is 0 Å². The standard InChI is InChI=1S/C27H28FNO7S/c1-4-23(31)25-21-12-20(16-5-6-16)22(13-24(21)36-26(25)17-7-9-18(28)10-8-17)29(37(3,34)35)14-19(30)11-15(2)27(32)33/h7-10,12-13,15-16H,4-6,11,14H2,1-3H3,(H,32,33). The quantitative estimate of drug-likeness (QED) is 0.341. The van der Waals surface area contributed by atoms with Gasteiger partial charge in [0.2, 0.25) is 10.0 Å². The number of carboxylic acids is 1. The van der Waals surface area contributed by atoms with Gasteiger partial charge in [0.05, 0.1) is 30.0 Å². The molecule has 1 aromatic heterocycles. The van der Waals surface area contributed by atoms with Crippen molar-refractivity contribution in [3.05, 3.63) is 53.3 Å². The number of fused-ring (bicyclic) bond motifs is 1. The third kappa shape index (κ3) is 5.58. The molecule has 1 atom stereocenters. The number of nitrogens with zero attached hydrogens (tertiary/aromatic N) is 1. The lowest BCUT2D eigenvalue weighted by atomic mass is 9.97. The van der Waals surface area contributed by atoms with Crippen LogP contribution in [0.4, 0.5) is 10.1 Å². The maximum Gasteiger partial charge on any atom is 0.306 e. The molecule has 0 aliphatic heterocycles. The summed E-state index contributed by atoms with van der Waals surface area (Å²) in [4.78, 5) is 36.9. The second kappa shape index (κ2) is 10.1. The van der Waals surface area contributed by atoms with E-state index in [-0.39, 0.29) is 41.6 Å². The van der Waals surface area contributed by atoms with Crippen LogP contribution >= 0.6 is 0 Å². The Morgan fingerprint density at radius 1 is 1.16 bits per heavy atom. The van der Waals surface area contributed by atoms with Crippen molar-refractivity contribution in [2.45, 2.75) is 45.4 Å². The predicted octanol–water partition coefficient (Wildman–Crippen LogP) is 5.15. The van der Waals surface area contributed by atoms with Gasteiger partial charge in [-0.05, 0) is 54.7 Å². The van der Waals surface area contributed by atoms with E-state index in [0.717, 1.165) is 23.4 Å². The number of carbonyl (C=O) groups is 3.